The predicted octanol–water partition coefficient (Wildman–Crippen LogP) is 8.36. The van der Waals surface area contributed by atoms with Gasteiger partial charge < -0.3 is 8.85 Å². The molecule has 5 atom stereocenters. The van der Waals surface area contributed by atoms with Crippen molar-refractivity contribution in [3.63, 3.8) is 0 Å². The van der Waals surface area contributed by atoms with E-state index in [4.69, 9.17) is 8.85 Å². The number of carbonyl (C=O) groups is 1. The maximum Gasteiger partial charge on any atom is 0.192 e. The van der Waals surface area contributed by atoms with Crippen molar-refractivity contribution in [2.24, 2.45) is 23.7 Å². The Kier molecular flexibility index (Phi) is 8.36. The smallest absolute Gasteiger partial charge is 0.192 e. The van der Waals surface area contributed by atoms with Crippen molar-refractivity contribution in [1.82, 2.24) is 0 Å². The molecule has 0 aliphatic heterocycles. The largest absolute Gasteiger partial charge is 0.413 e. The Bertz CT molecular complexity index is 822. The Morgan fingerprint density at radius 2 is 1.51 bits per heavy atom. The SMILES string of the molecule is CC[C@@H]1C(=O)[C@H]2CC[C@H](O[Si](C)(C)C(C)(C)C)[C@H](C#CCC3(O[Si](C)(C)C(C)(C)C)CCCC3)[C@@H]12. The molecule has 0 heterocycles. The molecule has 3 saturated carbocycles. The molecule has 0 bridgehead atoms. The third kappa shape index (κ3) is 5.86. The zero-order chi connectivity index (χ0) is 26.4. The normalized spacial score (nSPS) is 31.4. The highest BCUT2D eigenvalue weighted by atomic mass is 28.4. The summed E-state index contributed by atoms with van der Waals surface area (Å²) in [6.45, 7) is 25.6. The third-order valence-corrected chi connectivity index (χ3v) is 19.5. The van der Waals surface area contributed by atoms with Crippen molar-refractivity contribution >= 4 is 22.4 Å². The number of fused-ring (bicyclic) bond motifs is 1. The quantitative estimate of drug-likeness (QED) is 0.262. The van der Waals surface area contributed by atoms with E-state index >= 15 is 0 Å². The van der Waals surface area contributed by atoms with E-state index in [9.17, 15) is 4.79 Å². The van der Waals surface area contributed by atoms with Gasteiger partial charge in [0, 0.05) is 24.2 Å². The van der Waals surface area contributed by atoms with Crippen molar-refractivity contribution < 1.29 is 13.6 Å². The van der Waals surface area contributed by atoms with Crippen LogP contribution in [0.15, 0.2) is 0 Å². The highest BCUT2D eigenvalue weighted by Gasteiger charge is 2.57. The summed E-state index contributed by atoms with van der Waals surface area (Å²) in [5, 5.41) is 0.377. The molecule has 35 heavy (non-hydrogen) atoms. The molecule has 0 radical (unpaired) electrons. The van der Waals surface area contributed by atoms with Crippen molar-refractivity contribution in [3.05, 3.63) is 0 Å². The summed E-state index contributed by atoms with van der Waals surface area (Å²) >= 11 is 0. The van der Waals surface area contributed by atoms with Gasteiger partial charge in [-0.25, -0.2) is 0 Å². The monoisotopic (exact) mass is 518 g/mol. The number of rotatable bonds is 6. The van der Waals surface area contributed by atoms with E-state index in [2.05, 4.69) is 86.5 Å². The van der Waals surface area contributed by atoms with Gasteiger partial charge in [-0.2, -0.15) is 0 Å². The van der Waals surface area contributed by atoms with Gasteiger partial charge in [-0.15, -0.1) is 0 Å². The Balaban J connectivity index is 1.86. The van der Waals surface area contributed by atoms with Crippen molar-refractivity contribution in [2.45, 2.75) is 148 Å². The second-order valence-electron chi connectivity index (χ2n) is 14.9. The van der Waals surface area contributed by atoms with Crippen LogP contribution in [0.4, 0.5) is 0 Å². The van der Waals surface area contributed by atoms with Crippen LogP contribution in [0.2, 0.25) is 36.3 Å². The molecular weight excluding hydrogens is 464 g/mol. The lowest BCUT2D eigenvalue weighted by atomic mass is 9.52. The van der Waals surface area contributed by atoms with E-state index in [1.165, 1.54) is 12.8 Å². The minimum atomic E-state index is -1.92. The van der Waals surface area contributed by atoms with E-state index in [0.717, 1.165) is 38.5 Å². The fourth-order valence-corrected chi connectivity index (χ4v) is 9.17. The van der Waals surface area contributed by atoms with Gasteiger partial charge in [0.1, 0.15) is 5.78 Å². The first-order valence-corrected chi connectivity index (χ1v) is 20.2. The molecule has 3 fully saturated rings. The van der Waals surface area contributed by atoms with Gasteiger partial charge in [0.05, 0.1) is 11.7 Å². The summed E-state index contributed by atoms with van der Waals surface area (Å²) in [7, 11) is -3.78. The van der Waals surface area contributed by atoms with Gasteiger partial charge in [0.25, 0.3) is 0 Å². The molecule has 0 aromatic carbocycles. The van der Waals surface area contributed by atoms with E-state index in [1.54, 1.807) is 0 Å². The molecule has 3 rings (SSSR count). The van der Waals surface area contributed by atoms with Crippen LogP contribution in [0, 0.1) is 35.5 Å². The molecule has 0 unspecified atom stereocenters. The molecule has 3 nitrogen and oxygen atoms in total. The summed E-state index contributed by atoms with van der Waals surface area (Å²) in [6, 6.07) is 0. The number of ketones is 1. The van der Waals surface area contributed by atoms with Crippen LogP contribution in [-0.4, -0.2) is 34.1 Å². The summed E-state index contributed by atoms with van der Waals surface area (Å²) in [5.41, 5.74) is -0.0839. The molecular formula is C30H54O3Si2. The molecule has 3 aliphatic rings. The molecule has 200 valence electrons. The zero-order valence-corrected chi connectivity index (χ0v) is 26.8. The van der Waals surface area contributed by atoms with Crippen LogP contribution in [0.5, 0.6) is 0 Å². The van der Waals surface area contributed by atoms with Gasteiger partial charge >= 0.3 is 0 Å². The second-order valence-corrected chi connectivity index (χ2v) is 24.4. The fourth-order valence-electron chi connectivity index (χ4n) is 6.13. The summed E-state index contributed by atoms with van der Waals surface area (Å²) in [5.74, 6) is 8.88. The minimum absolute atomic E-state index is 0.0839. The van der Waals surface area contributed by atoms with E-state index < -0.39 is 16.6 Å². The van der Waals surface area contributed by atoms with Gasteiger partial charge in [0.2, 0.25) is 0 Å². The van der Waals surface area contributed by atoms with Gasteiger partial charge in [-0.1, -0.05) is 73.1 Å². The molecule has 0 amide bonds. The average Bonchev–Trinajstić information content (AvgIpc) is 3.15. The predicted molar refractivity (Wildman–Crippen MR) is 152 cm³/mol. The topological polar surface area (TPSA) is 35.5 Å². The molecule has 0 aromatic heterocycles. The van der Waals surface area contributed by atoms with Crippen LogP contribution < -0.4 is 0 Å². The maximum atomic E-state index is 12.8. The average molecular weight is 519 g/mol. The Labute approximate surface area is 219 Å². The van der Waals surface area contributed by atoms with Gasteiger partial charge in [-0.3, -0.25) is 4.79 Å². The summed E-state index contributed by atoms with van der Waals surface area (Å²) < 4.78 is 14.1. The number of carbonyl (C=O) groups excluding carboxylic acids is 1. The second kappa shape index (κ2) is 10.0. The fraction of sp³-hybridized carbons (Fsp3) is 0.900. The highest BCUT2D eigenvalue weighted by molar-refractivity contribution is 6.74. The van der Waals surface area contributed by atoms with Crippen LogP contribution >= 0.6 is 0 Å². The first-order chi connectivity index (χ1) is 15.9. The van der Waals surface area contributed by atoms with Crippen LogP contribution in [0.1, 0.15) is 99.8 Å². The lowest BCUT2D eigenvalue weighted by Crippen LogP contribution is -2.58. The highest BCUT2D eigenvalue weighted by Crippen LogP contribution is 2.53. The molecule has 0 aromatic rings. The molecule has 0 N–H and O–H groups in total. The van der Waals surface area contributed by atoms with Crippen LogP contribution in [0.3, 0.4) is 0 Å². The van der Waals surface area contributed by atoms with Crippen molar-refractivity contribution in [2.75, 3.05) is 0 Å². The lowest BCUT2D eigenvalue weighted by molar-refractivity contribution is -0.153. The van der Waals surface area contributed by atoms with Gasteiger partial charge in [-0.05, 0) is 74.3 Å². The molecule has 0 spiro atoms. The number of Topliss-reactive ketones (excluding diaryl/α,β-unsaturated/α-hetero) is 1. The Morgan fingerprint density at radius 3 is 2.03 bits per heavy atom. The molecule has 5 heteroatoms. The zero-order valence-electron chi connectivity index (χ0n) is 24.8. The van der Waals surface area contributed by atoms with Crippen LogP contribution in [-0.2, 0) is 13.6 Å². The molecule has 3 aliphatic carbocycles. The summed E-state index contributed by atoms with van der Waals surface area (Å²) in [4.78, 5) is 12.8. The van der Waals surface area contributed by atoms with E-state index in [0.29, 0.717) is 11.7 Å². The first-order valence-electron chi connectivity index (χ1n) is 14.3. The van der Waals surface area contributed by atoms with E-state index in [-0.39, 0.29) is 39.5 Å². The number of hydrogen-bond donors (Lipinski definition) is 0. The Morgan fingerprint density at radius 1 is 0.943 bits per heavy atom. The third-order valence-electron chi connectivity index (χ3n) is 10.4. The standard InChI is InChI=1S/C30H54O3Si2/c1-12-22-26-23(25(18-17-24(26)27(22)31)32-34(8,9)28(2,3)4)16-15-21-30(19-13-14-20-30)33-35(10,11)29(5,6)7/h22-26H,12-14,17-21H2,1-11H3/t22-,23-,24-,25-,26+/m0/s1. The Hall–Kier alpha value is -0.416. The summed E-state index contributed by atoms with van der Waals surface area (Å²) in [6.07, 6.45) is 8.62. The maximum absolute atomic E-state index is 12.8. The molecule has 0 saturated heterocycles. The number of hydrogen-bond acceptors (Lipinski definition) is 3. The first kappa shape index (κ1) is 29.1. The van der Waals surface area contributed by atoms with E-state index in [1.807, 2.05) is 0 Å². The minimum Gasteiger partial charge on any atom is -0.413 e. The van der Waals surface area contributed by atoms with Crippen LogP contribution in [0.25, 0.3) is 0 Å². The van der Waals surface area contributed by atoms with Crippen molar-refractivity contribution in [1.29, 1.82) is 0 Å². The van der Waals surface area contributed by atoms with Crippen molar-refractivity contribution in [3.8, 4) is 11.8 Å². The lowest BCUT2D eigenvalue weighted by Gasteiger charge is -2.53. The van der Waals surface area contributed by atoms with Gasteiger partial charge in [0.15, 0.2) is 16.6 Å².